The summed E-state index contributed by atoms with van der Waals surface area (Å²) in [5.41, 5.74) is 5.39. The second kappa shape index (κ2) is 5.88. The maximum Gasteiger partial charge on any atom is 0.232 e. The highest BCUT2D eigenvalue weighted by molar-refractivity contribution is 7.93. The van der Waals surface area contributed by atoms with E-state index in [9.17, 15) is 13.2 Å². The van der Waals surface area contributed by atoms with E-state index >= 15 is 0 Å². The summed E-state index contributed by atoms with van der Waals surface area (Å²) in [6, 6.07) is 1.64. The number of carbonyl (C=O) groups is 1. The second-order valence-corrected chi connectivity index (χ2v) is 8.34. The van der Waals surface area contributed by atoms with Crippen molar-refractivity contribution < 1.29 is 17.9 Å². The lowest BCUT2D eigenvalue weighted by molar-refractivity contribution is -0.115. The normalized spacial score (nSPS) is 20.3. The largest absolute Gasteiger partial charge is 0.378 e. The molecule has 2 N–H and O–H groups in total. The minimum absolute atomic E-state index is 0.00968. The first kappa shape index (κ1) is 16.4. The maximum atomic E-state index is 12.5. The molecule has 0 bridgehead atoms. The third kappa shape index (κ3) is 3.13. The number of hydrogen-bond donors (Lipinski definition) is 1. The molecule has 1 saturated carbocycles. The molecule has 0 spiro atoms. The molecule has 1 aromatic heterocycles. The predicted octanol–water partition coefficient (Wildman–Crippen LogP) is -0.144. The van der Waals surface area contributed by atoms with Crippen LogP contribution in [0.15, 0.2) is 6.07 Å². The van der Waals surface area contributed by atoms with E-state index in [-0.39, 0.29) is 5.28 Å². The Hall–Kier alpha value is -1.45. The summed E-state index contributed by atoms with van der Waals surface area (Å²) in [6.45, 7) is 2.44. The highest BCUT2D eigenvalue weighted by atomic mass is 35.5. The van der Waals surface area contributed by atoms with Crippen LogP contribution in [0.5, 0.6) is 0 Å². The van der Waals surface area contributed by atoms with Crippen LogP contribution in [0.2, 0.25) is 5.28 Å². The molecular weight excluding hydrogens is 344 g/mol. The molecule has 0 radical (unpaired) electrons. The third-order valence-corrected chi connectivity index (χ3v) is 6.76. The van der Waals surface area contributed by atoms with Crippen LogP contribution < -0.4 is 10.6 Å². The number of nitrogens with zero attached hydrogens (tertiary/aromatic N) is 3. The van der Waals surface area contributed by atoms with Crippen LogP contribution >= 0.6 is 11.6 Å². The molecular formula is C13H17ClN4O4S. The Kier molecular flexibility index (Phi) is 4.19. The molecule has 10 heteroatoms. The van der Waals surface area contributed by atoms with Crippen LogP contribution in [-0.2, 0) is 24.1 Å². The van der Waals surface area contributed by atoms with Crippen molar-refractivity contribution in [1.29, 1.82) is 0 Å². The second-order valence-electron chi connectivity index (χ2n) is 5.70. The summed E-state index contributed by atoms with van der Waals surface area (Å²) in [4.78, 5) is 21.3. The molecule has 126 valence electrons. The van der Waals surface area contributed by atoms with E-state index in [1.807, 2.05) is 4.90 Å². The van der Waals surface area contributed by atoms with Gasteiger partial charge in [0.1, 0.15) is 16.3 Å². The van der Waals surface area contributed by atoms with E-state index in [1.165, 1.54) is 0 Å². The first-order chi connectivity index (χ1) is 10.8. The average molecular weight is 361 g/mol. The number of carbonyl (C=O) groups excluding carboxylic acids is 1. The number of hydrogen-bond acceptors (Lipinski definition) is 7. The zero-order chi connectivity index (χ0) is 16.7. The maximum absolute atomic E-state index is 12.5. The number of sulfone groups is 1. The van der Waals surface area contributed by atoms with Gasteiger partial charge in [-0.1, -0.05) is 0 Å². The number of morpholine rings is 1. The van der Waals surface area contributed by atoms with Gasteiger partial charge >= 0.3 is 0 Å². The fourth-order valence-electron chi connectivity index (χ4n) is 2.76. The molecule has 8 nitrogen and oxygen atoms in total. The van der Waals surface area contributed by atoms with Gasteiger partial charge in [0, 0.05) is 19.2 Å². The van der Waals surface area contributed by atoms with Gasteiger partial charge in [-0.15, -0.1) is 0 Å². The number of aromatic nitrogens is 2. The number of rotatable bonds is 5. The van der Waals surface area contributed by atoms with Crippen LogP contribution in [0.3, 0.4) is 0 Å². The monoisotopic (exact) mass is 360 g/mol. The lowest BCUT2D eigenvalue weighted by atomic mass is 10.2. The van der Waals surface area contributed by atoms with Crippen LogP contribution in [0.1, 0.15) is 18.5 Å². The highest BCUT2D eigenvalue weighted by Crippen LogP contribution is 2.52. The zero-order valence-electron chi connectivity index (χ0n) is 12.4. The molecule has 1 aliphatic heterocycles. The van der Waals surface area contributed by atoms with Crippen molar-refractivity contribution in [3.05, 3.63) is 17.0 Å². The molecule has 1 aliphatic carbocycles. The van der Waals surface area contributed by atoms with E-state index in [0.717, 1.165) is 0 Å². The van der Waals surface area contributed by atoms with Gasteiger partial charge in [-0.05, 0) is 24.4 Å². The molecule has 1 saturated heterocycles. The Bertz CT molecular complexity index is 729. The van der Waals surface area contributed by atoms with Crippen molar-refractivity contribution in [1.82, 2.24) is 9.97 Å². The first-order valence-corrected chi connectivity index (χ1v) is 9.25. The number of nitrogens with two attached hydrogens (primary N) is 1. The quantitative estimate of drug-likeness (QED) is 0.726. The summed E-state index contributed by atoms with van der Waals surface area (Å²) in [6.07, 6.45) is 0.803. The Morgan fingerprint density at radius 1 is 1.35 bits per heavy atom. The third-order valence-electron chi connectivity index (χ3n) is 4.12. The fraction of sp³-hybridized carbons (Fsp3) is 0.615. The molecule has 2 aliphatic rings. The minimum Gasteiger partial charge on any atom is -0.378 e. The number of ether oxygens (including phenoxy) is 1. The number of primary amides is 1. The minimum atomic E-state index is -3.73. The summed E-state index contributed by atoms with van der Waals surface area (Å²) in [5.74, 6) is -0.990. The summed E-state index contributed by atoms with van der Waals surface area (Å²) >= 11 is 5.99. The zero-order valence-corrected chi connectivity index (χ0v) is 13.9. The van der Waals surface area contributed by atoms with Crippen LogP contribution in [0, 0.1) is 0 Å². The standard InChI is InChI=1S/C13H17ClN4O4S/c14-12-16-9(7-11(17-12)18-3-5-22-6-4-18)13(1-2-13)23(20,21)8-10(15)19/h7H,1-6,8H2,(H2,15,19). The lowest BCUT2D eigenvalue weighted by Gasteiger charge is -2.28. The van der Waals surface area contributed by atoms with Gasteiger partial charge in [-0.2, -0.15) is 0 Å². The first-order valence-electron chi connectivity index (χ1n) is 7.22. The molecule has 1 aromatic rings. The molecule has 2 fully saturated rings. The molecule has 1 amide bonds. The van der Waals surface area contributed by atoms with Gasteiger partial charge in [-0.25, -0.2) is 18.4 Å². The highest BCUT2D eigenvalue weighted by Gasteiger charge is 2.57. The predicted molar refractivity (Wildman–Crippen MR) is 84.0 cm³/mol. The van der Waals surface area contributed by atoms with Crippen LogP contribution in [-0.4, -0.2) is 56.3 Å². The van der Waals surface area contributed by atoms with E-state index in [4.69, 9.17) is 22.1 Å². The Balaban J connectivity index is 1.96. The van der Waals surface area contributed by atoms with Crippen molar-refractivity contribution >= 4 is 33.2 Å². The summed E-state index contributed by atoms with van der Waals surface area (Å²) in [7, 11) is -3.73. The van der Waals surface area contributed by atoms with Gasteiger partial charge < -0.3 is 15.4 Å². The average Bonchev–Trinajstić information content (AvgIpc) is 3.28. The SMILES string of the molecule is NC(=O)CS(=O)(=O)C1(c2cc(N3CCOCC3)nc(Cl)n2)CC1. The van der Waals surface area contributed by atoms with Crippen molar-refractivity contribution in [2.45, 2.75) is 17.6 Å². The van der Waals surface area contributed by atoms with Gasteiger partial charge in [0.25, 0.3) is 0 Å². The van der Waals surface area contributed by atoms with Gasteiger partial charge in [0.2, 0.25) is 11.2 Å². The van der Waals surface area contributed by atoms with Crippen molar-refractivity contribution in [3.8, 4) is 0 Å². The number of anilines is 1. The Labute approximate surface area is 138 Å². The van der Waals surface area contributed by atoms with E-state index in [0.29, 0.717) is 50.7 Å². The topological polar surface area (TPSA) is 115 Å². The molecule has 0 atom stereocenters. The lowest BCUT2D eigenvalue weighted by Crippen LogP contribution is -2.37. The van der Waals surface area contributed by atoms with Gasteiger partial charge in [0.05, 0.1) is 18.9 Å². The Morgan fingerprint density at radius 3 is 2.57 bits per heavy atom. The van der Waals surface area contributed by atoms with Crippen molar-refractivity contribution in [2.75, 3.05) is 37.0 Å². The number of amides is 1. The molecule has 23 heavy (non-hydrogen) atoms. The van der Waals surface area contributed by atoms with E-state index < -0.39 is 26.2 Å². The van der Waals surface area contributed by atoms with Crippen molar-refractivity contribution in [2.24, 2.45) is 5.73 Å². The fourth-order valence-corrected chi connectivity index (χ4v) is 4.73. The summed E-state index contributed by atoms with van der Waals surface area (Å²) in [5, 5.41) is -0.00968. The Morgan fingerprint density at radius 2 is 2.00 bits per heavy atom. The summed E-state index contributed by atoms with van der Waals surface area (Å²) < 4.78 is 29.1. The number of halogens is 1. The van der Waals surface area contributed by atoms with E-state index in [1.54, 1.807) is 6.07 Å². The van der Waals surface area contributed by atoms with Crippen LogP contribution in [0.25, 0.3) is 0 Å². The van der Waals surface area contributed by atoms with Crippen molar-refractivity contribution in [3.63, 3.8) is 0 Å². The van der Waals surface area contributed by atoms with Gasteiger partial charge in [0.15, 0.2) is 9.84 Å². The van der Waals surface area contributed by atoms with E-state index in [2.05, 4.69) is 9.97 Å². The molecule has 2 heterocycles. The molecule has 0 unspecified atom stereocenters. The van der Waals surface area contributed by atoms with Crippen LogP contribution in [0.4, 0.5) is 5.82 Å². The van der Waals surface area contributed by atoms with Gasteiger partial charge in [-0.3, -0.25) is 4.79 Å². The molecule has 3 rings (SSSR count). The smallest absolute Gasteiger partial charge is 0.232 e. The molecule has 0 aromatic carbocycles.